The van der Waals surface area contributed by atoms with Gasteiger partial charge in [0.15, 0.2) is 0 Å². The molecule has 1 aromatic rings. The van der Waals surface area contributed by atoms with Crippen molar-refractivity contribution in [3.05, 3.63) is 22.3 Å². The highest BCUT2D eigenvalue weighted by atomic mass is 35.5. The number of aromatic nitrogens is 1. The number of nitrogens with zero attached hydrogens (tertiary/aromatic N) is 2. The van der Waals surface area contributed by atoms with Crippen LogP contribution in [0, 0.1) is 0 Å². The maximum Gasteiger partial charge on any atom is 0.144 e. The summed E-state index contributed by atoms with van der Waals surface area (Å²) in [6, 6.07) is 1.69. The quantitative estimate of drug-likeness (QED) is 0.853. The molecule has 0 radical (unpaired) electrons. The molecule has 0 aliphatic carbocycles. The van der Waals surface area contributed by atoms with Crippen LogP contribution in [0.15, 0.2) is 12.3 Å². The first kappa shape index (κ1) is 13.6. The van der Waals surface area contributed by atoms with Gasteiger partial charge in [0.05, 0.1) is 10.0 Å². The summed E-state index contributed by atoms with van der Waals surface area (Å²) in [6.07, 6.45) is 1.59. The van der Waals surface area contributed by atoms with E-state index >= 15 is 0 Å². The smallest absolute Gasteiger partial charge is 0.144 e. The molecule has 0 atom stereocenters. The summed E-state index contributed by atoms with van der Waals surface area (Å²) in [4.78, 5) is 6.46. The van der Waals surface area contributed by atoms with Gasteiger partial charge in [-0.2, -0.15) is 0 Å². The number of hydrogen-bond donors (Lipinski definition) is 1. The molecular formula is C11H17Cl2N3. The Bertz CT molecular complexity index is 327. The van der Waals surface area contributed by atoms with Crippen molar-refractivity contribution in [1.82, 2.24) is 9.88 Å². The Balaban J connectivity index is 2.42. The Kier molecular flexibility index (Phi) is 5.88. The summed E-state index contributed by atoms with van der Waals surface area (Å²) >= 11 is 11.8. The lowest BCUT2D eigenvalue weighted by Gasteiger charge is -2.18. The molecular weight excluding hydrogens is 245 g/mol. The Morgan fingerprint density at radius 1 is 1.31 bits per heavy atom. The van der Waals surface area contributed by atoms with Gasteiger partial charge in [0, 0.05) is 19.3 Å². The van der Waals surface area contributed by atoms with Crippen molar-refractivity contribution in [2.75, 3.05) is 31.5 Å². The van der Waals surface area contributed by atoms with Crippen molar-refractivity contribution in [2.24, 2.45) is 0 Å². The lowest BCUT2D eigenvalue weighted by molar-refractivity contribution is 0.316. The van der Waals surface area contributed by atoms with Gasteiger partial charge in [0.1, 0.15) is 5.82 Å². The molecule has 0 spiro atoms. The van der Waals surface area contributed by atoms with Crippen LogP contribution in [0.5, 0.6) is 0 Å². The van der Waals surface area contributed by atoms with E-state index in [2.05, 4.69) is 29.0 Å². The van der Waals surface area contributed by atoms with Crippen molar-refractivity contribution in [3.8, 4) is 0 Å². The molecule has 0 aliphatic rings. The van der Waals surface area contributed by atoms with Gasteiger partial charge in [0.25, 0.3) is 0 Å². The number of likely N-dealkylation sites (N-methyl/N-ethyl adjacent to an activating group) is 1. The minimum Gasteiger partial charge on any atom is -0.368 e. The first-order valence-corrected chi connectivity index (χ1v) is 6.20. The number of nitrogens with one attached hydrogen (secondary N) is 1. The Hall–Kier alpha value is -0.510. The van der Waals surface area contributed by atoms with E-state index in [1.54, 1.807) is 12.3 Å². The average Bonchev–Trinajstić information content (AvgIpc) is 2.27. The van der Waals surface area contributed by atoms with Crippen molar-refractivity contribution in [2.45, 2.75) is 13.8 Å². The Morgan fingerprint density at radius 3 is 2.56 bits per heavy atom. The van der Waals surface area contributed by atoms with Gasteiger partial charge in [0.2, 0.25) is 0 Å². The lowest BCUT2D eigenvalue weighted by atomic mass is 10.4. The van der Waals surface area contributed by atoms with Gasteiger partial charge in [-0.15, -0.1) is 0 Å². The van der Waals surface area contributed by atoms with Gasteiger partial charge in [-0.1, -0.05) is 37.0 Å². The molecule has 5 heteroatoms. The third-order valence-electron chi connectivity index (χ3n) is 2.42. The van der Waals surface area contributed by atoms with Gasteiger partial charge < -0.3 is 10.2 Å². The summed E-state index contributed by atoms with van der Waals surface area (Å²) in [7, 11) is 0. The predicted octanol–water partition coefficient (Wildman–Crippen LogP) is 3.14. The molecule has 0 bridgehead atoms. The van der Waals surface area contributed by atoms with Crippen LogP contribution in [0.4, 0.5) is 5.82 Å². The Morgan fingerprint density at radius 2 is 2.00 bits per heavy atom. The highest BCUT2D eigenvalue weighted by Gasteiger charge is 2.03. The topological polar surface area (TPSA) is 28.2 Å². The second-order valence-corrected chi connectivity index (χ2v) is 4.28. The molecule has 0 aromatic carbocycles. The molecule has 1 heterocycles. The van der Waals surface area contributed by atoms with E-state index < -0.39 is 0 Å². The van der Waals surface area contributed by atoms with Crippen LogP contribution < -0.4 is 5.32 Å². The number of hydrogen-bond acceptors (Lipinski definition) is 3. The van der Waals surface area contributed by atoms with E-state index in [1.165, 1.54) is 0 Å². The fraction of sp³-hybridized carbons (Fsp3) is 0.545. The van der Waals surface area contributed by atoms with Gasteiger partial charge in [-0.3, -0.25) is 0 Å². The van der Waals surface area contributed by atoms with Crippen molar-refractivity contribution in [3.63, 3.8) is 0 Å². The van der Waals surface area contributed by atoms with Crippen LogP contribution in [-0.2, 0) is 0 Å². The highest BCUT2D eigenvalue weighted by Crippen LogP contribution is 2.22. The monoisotopic (exact) mass is 261 g/mol. The molecule has 1 aromatic heterocycles. The zero-order chi connectivity index (χ0) is 12.0. The van der Waals surface area contributed by atoms with E-state index in [1.807, 2.05) is 0 Å². The summed E-state index contributed by atoms with van der Waals surface area (Å²) < 4.78 is 0. The number of halogens is 2. The first-order chi connectivity index (χ1) is 7.67. The summed E-state index contributed by atoms with van der Waals surface area (Å²) in [5.41, 5.74) is 0. The third kappa shape index (κ3) is 4.16. The number of rotatable bonds is 6. The van der Waals surface area contributed by atoms with Crippen LogP contribution in [0.1, 0.15) is 13.8 Å². The largest absolute Gasteiger partial charge is 0.368 e. The first-order valence-electron chi connectivity index (χ1n) is 5.44. The van der Waals surface area contributed by atoms with E-state index in [9.17, 15) is 0 Å². The van der Waals surface area contributed by atoms with Crippen LogP contribution in [0.2, 0.25) is 10.0 Å². The summed E-state index contributed by atoms with van der Waals surface area (Å²) in [5, 5.41) is 4.31. The molecule has 0 saturated carbocycles. The van der Waals surface area contributed by atoms with Crippen LogP contribution >= 0.6 is 23.2 Å². The predicted molar refractivity (Wildman–Crippen MR) is 70.5 cm³/mol. The SMILES string of the molecule is CCN(CC)CCNc1ncc(Cl)cc1Cl. The van der Waals surface area contributed by atoms with Gasteiger partial charge >= 0.3 is 0 Å². The van der Waals surface area contributed by atoms with Gasteiger partial charge in [-0.05, 0) is 19.2 Å². The molecule has 1 rings (SSSR count). The van der Waals surface area contributed by atoms with E-state index in [0.717, 1.165) is 26.2 Å². The Labute approximate surface area is 107 Å². The van der Waals surface area contributed by atoms with Crippen molar-refractivity contribution >= 4 is 29.0 Å². The molecule has 0 aliphatic heterocycles. The fourth-order valence-corrected chi connectivity index (χ4v) is 1.86. The number of anilines is 1. The minimum atomic E-state index is 0.555. The molecule has 3 nitrogen and oxygen atoms in total. The van der Waals surface area contributed by atoms with Crippen molar-refractivity contribution < 1.29 is 0 Å². The van der Waals surface area contributed by atoms with Crippen molar-refractivity contribution in [1.29, 1.82) is 0 Å². The zero-order valence-corrected chi connectivity index (χ0v) is 11.1. The van der Waals surface area contributed by atoms with Gasteiger partial charge in [-0.25, -0.2) is 4.98 Å². The second-order valence-electron chi connectivity index (χ2n) is 3.44. The fourth-order valence-electron chi connectivity index (χ4n) is 1.42. The normalized spacial score (nSPS) is 10.8. The molecule has 1 N–H and O–H groups in total. The summed E-state index contributed by atoms with van der Waals surface area (Å²) in [5.74, 6) is 0.693. The summed E-state index contributed by atoms with van der Waals surface area (Å²) in [6.45, 7) is 8.22. The highest BCUT2D eigenvalue weighted by molar-refractivity contribution is 6.35. The number of pyridine rings is 1. The maximum atomic E-state index is 5.99. The average molecular weight is 262 g/mol. The standard InChI is InChI=1S/C11H17Cl2N3/c1-3-16(4-2)6-5-14-11-10(13)7-9(12)8-15-11/h7-8H,3-6H2,1-2H3,(H,14,15). The van der Waals surface area contributed by atoms with Crippen LogP contribution in [-0.4, -0.2) is 36.1 Å². The molecule has 0 fully saturated rings. The van der Waals surface area contributed by atoms with Crippen LogP contribution in [0.25, 0.3) is 0 Å². The minimum absolute atomic E-state index is 0.555. The molecule has 0 amide bonds. The van der Waals surface area contributed by atoms with E-state index in [0.29, 0.717) is 15.9 Å². The van der Waals surface area contributed by atoms with E-state index in [4.69, 9.17) is 23.2 Å². The van der Waals surface area contributed by atoms with Crippen LogP contribution in [0.3, 0.4) is 0 Å². The molecule has 90 valence electrons. The maximum absolute atomic E-state index is 5.99. The molecule has 0 saturated heterocycles. The van der Waals surface area contributed by atoms with E-state index in [-0.39, 0.29) is 0 Å². The third-order valence-corrected chi connectivity index (χ3v) is 2.92. The zero-order valence-electron chi connectivity index (χ0n) is 9.63. The second kappa shape index (κ2) is 6.94. The molecule has 16 heavy (non-hydrogen) atoms. The molecule has 0 unspecified atom stereocenters. The lowest BCUT2D eigenvalue weighted by Crippen LogP contribution is -2.28.